The van der Waals surface area contributed by atoms with Crippen molar-refractivity contribution in [2.24, 2.45) is 5.18 Å². The van der Waals surface area contributed by atoms with Crippen LogP contribution in [-0.4, -0.2) is 33.2 Å². The van der Waals surface area contributed by atoms with Gasteiger partial charge in [-0.1, -0.05) is 42.4 Å². The van der Waals surface area contributed by atoms with Crippen LogP contribution in [0.15, 0.2) is 65.2 Å². The van der Waals surface area contributed by atoms with Crippen LogP contribution < -0.4 is 0 Å². The first-order chi connectivity index (χ1) is 16.7. The number of fused-ring (bicyclic) bond motifs is 2. The molecule has 172 valence electrons. The summed E-state index contributed by atoms with van der Waals surface area (Å²) in [5, 5.41) is 14.6. The highest BCUT2D eigenvalue weighted by Crippen LogP contribution is 2.41. The Kier molecular flexibility index (Phi) is 5.31. The predicted molar refractivity (Wildman–Crippen MR) is 139 cm³/mol. The number of hydrogen-bond donors (Lipinski definition) is 2. The van der Waals surface area contributed by atoms with E-state index in [9.17, 15) is 4.91 Å². The lowest BCUT2D eigenvalue weighted by Crippen LogP contribution is -2.28. The van der Waals surface area contributed by atoms with Gasteiger partial charge < -0.3 is 4.98 Å². The Hall–Kier alpha value is -3.29. The molecular weight excluding hydrogens is 442 g/mol. The average molecular weight is 470 g/mol. The van der Waals surface area contributed by atoms with Crippen LogP contribution in [0, 0.1) is 4.91 Å². The van der Waals surface area contributed by atoms with Crippen molar-refractivity contribution in [1.29, 1.82) is 0 Å². The number of H-pyrrole nitrogens is 2. The fraction of sp³-hybridized carbons (Fsp3) is 0.296. The minimum Gasteiger partial charge on any atom is -0.353 e. The lowest BCUT2D eigenvalue weighted by Gasteiger charge is -2.30. The summed E-state index contributed by atoms with van der Waals surface area (Å²) in [4.78, 5) is 18.6. The Morgan fingerprint density at radius 3 is 2.76 bits per heavy atom. The molecule has 34 heavy (non-hydrogen) atoms. The molecule has 5 aromatic rings. The highest BCUT2D eigenvalue weighted by molar-refractivity contribution is 7.17. The van der Waals surface area contributed by atoms with Gasteiger partial charge in [-0.25, -0.2) is 0 Å². The van der Waals surface area contributed by atoms with Gasteiger partial charge in [-0.2, -0.15) is 5.10 Å². The minimum atomic E-state index is -0.921. The zero-order valence-electron chi connectivity index (χ0n) is 19.2. The number of nitrogens with one attached hydrogen (secondary N) is 2. The van der Waals surface area contributed by atoms with Gasteiger partial charge >= 0.3 is 0 Å². The maximum absolute atomic E-state index is 12.6. The Bertz CT molecular complexity index is 1470. The third-order valence-electron chi connectivity index (χ3n) is 7.24. The van der Waals surface area contributed by atoms with Crippen LogP contribution in [0.5, 0.6) is 0 Å². The van der Waals surface area contributed by atoms with Crippen molar-refractivity contribution in [2.45, 2.75) is 38.3 Å². The van der Waals surface area contributed by atoms with Crippen LogP contribution in [0.1, 0.15) is 42.9 Å². The van der Waals surface area contributed by atoms with Crippen LogP contribution in [0.4, 0.5) is 0 Å². The fourth-order valence-electron chi connectivity index (χ4n) is 5.41. The monoisotopic (exact) mass is 469 g/mol. The van der Waals surface area contributed by atoms with Crippen molar-refractivity contribution in [3.8, 4) is 11.4 Å². The van der Waals surface area contributed by atoms with Gasteiger partial charge in [0.05, 0.1) is 15.9 Å². The van der Waals surface area contributed by atoms with Gasteiger partial charge in [-0.3, -0.25) is 10.00 Å². The van der Waals surface area contributed by atoms with E-state index in [-0.39, 0.29) is 0 Å². The van der Waals surface area contributed by atoms with Crippen LogP contribution >= 0.6 is 11.3 Å². The largest absolute Gasteiger partial charge is 0.353 e. The minimum absolute atomic E-state index is 0.603. The van der Waals surface area contributed by atoms with Gasteiger partial charge in [0.25, 0.3) is 0 Å². The smallest absolute Gasteiger partial charge is 0.152 e. The Morgan fingerprint density at radius 1 is 1.09 bits per heavy atom. The highest BCUT2D eigenvalue weighted by atomic mass is 32.1. The number of hydrogen-bond acceptors (Lipinski definition) is 5. The van der Waals surface area contributed by atoms with E-state index in [4.69, 9.17) is 0 Å². The van der Waals surface area contributed by atoms with Crippen LogP contribution in [-0.2, 0) is 12.1 Å². The van der Waals surface area contributed by atoms with Gasteiger partial charge in [-0.15, -0.1) is 16.2 Å². The summed E-state index contributed by atoms with van der Waals surface area (Å²) in [6.45, 7) is 5.15. The third kappa shape index (κ3) is 3.38. The molecule has 1 atom stereocenters. The second kappa shape index (κ2) is 8.49. The molecule has 3 aromatic heterocycles. The van der Waals surface area contributed by atoms with Gasteiger partial charge in [-0.05, 0) is 78.7 Å². The van der Waals surface area contributed by atoms with E-state index in [0.29, 0.717) is 6.42 Å². The Balaban J connectivity index is 1.44. The second-order valence-electron chi connectivity index (χ2n) is 9.17. The molecule has 0 bridgehead atoms. The maximum atomic E-state index is 12.6. The van der Waals surface area contributed by atoms with E-state index < -0.39 is 5.54 Å². The van der Waals surface area contributed by atoms with Crippen molar-refractivity contribution in [3.05, 3.63) is 81.6 Å². The molecule has 2 N–H and O–H groups in total. The molecule has 0 radical (unpaired) electrons. The molecule has 0 saturated carbocycles. The topological polar surface area (TPSA) is 77.1 Å². The lowest BCUT2D eigenvalue weighted by molar-refractivity contribution is 0.327. The number of nitroso groups, excluding NO2 is 1. The number of thiophene rings is 1. The molecule has 2 aromatic carbocycles. The molecule has 0 aliphatic carbocycles. The number of rotatable bonds is 7. The van der Waals surface area contributed by atoms with Crippen LogP contribution in [0.2, 0.25) is 0 Å². The fourth-order valence-corrected chi connectivity index (χ4v) is 6.26. The number of aromatic nitrogens is 3. The quantitative estimate of drug-likeness (QED) is 0.258. The zero-order chi connectivity index (χ0) is 23.1. The van der Waals surface area contributed by atoms with Crippen molar-refractivity contribution < 1.29 is 0 Å². The molecule has 1 fully saturated rings. The third-order valence-corrected chi connectivity index (χ3v) is 8.17. The Labute approximate surface area is 202 Å². The summed E-state index contributed by atoms with van der Waals surface area (Å²) in [7, 11) is 0. The van der Waals surface area contributed by atoms with Crippen LogP contribution in [0.25, 0.3) is 32.5 Å². The molecule has 1 aliphatic heterocycles. The molecular formula is C27H27N5OS. The van der Waals surface area contributed by atoms with Gasteiger partial charge in [0, 0.05) is 17.4 Å². The second-order valence-corrected chi connectivity index (χ2v) is 10.1. The first-order valence-corrected chi connectivity index (χ1v) is 12.8. The summed E-state index contributed by atoms with van der Waals surface area (Å²) in [5.41, 5.74) is 6.18. The van der Waals surface area contributed by atoms with Gasteiger partial charge in [0.1, 0.15) is 5.69 Å². The molecule has 0 spiro atoms. The molecule has 6 nitrogen and oxygen atoms in total. The van der Waals surface area contributed by atoms with Crippen molar-refractivity contribution in [1.82, 2.24) is 20.1 Å². The molecule has 0 amide bonds. The highest BCUT2D eigenvalue weighted by Gasteiger charge is 2.36. The van der Waals surface area contributed by atoms with E-state index >= 15 is 0 Å². The first kappa shape index (κ1) is 21.3. The van der Waals surface area contributed by atoms with E-state index in [0.717, 1.165) is 63.3 Å². The summed E-state index contributed by atoms with van der Waals surface area (Å²) in [6, 6.07) is 18.7. The normalized spacial score (nSPS) is 16.4. The SMILES string of the molecule is CCC(N=O)(c1ccc2[nH]c(-c3n[nH]c4ccsc34)cc2c1)c1ccccc1CN1CCCC1. The van der Waals surface area contributed by atoms with Gasteiger partial charge in [0.2, 0.25) is 0 Å². The van der Waals surface area contributed by atoms with E-state index in [1.807, 2.05) is 18.2 Å². The summed E-state index contributed by atoms with van der Waals surface area (Å²) < 4.78 is 1.14. The number of likely N-dealkylation sites (tertiary alicyclic amines) is 1. The average Bonchev–Trinajstić information content (AvgIpc) is 3.65. The molecule has 7 heteroatoms. The predicted octanol–water partition coefficient (Wildman–Crippen LogP) is 6.79. The lowest BCUT2D eigenvalue weighted by atomic mass is 9.79. The zero-order valence-corrected chi connectivity index (χ0v) is 20.0. The molecule has 1 unspecified atom stereocenters. The summed E-state index contributed by atoms with van der Waals surface area (Å²) in [6.07, 6.45) is 3.09. The summed E-state index contributed by atoms with van der Waals surface area (Å²) in [5.74, 6) is 0. The van der Waals surface area contributed by atoms with E-state index in [2.05, 4.69) is 74.0 Å². The number of benzene rings is 2. The molecule has 1 saturated heterocycles. The van der Waals surface area contributed by atoms with Crippen molar-refractivity contribution in [3.63, 3.8) is 0 Å². The van der Waals surface area contributed by atoms with Gasteiger partial charge in [0.15, 0.2) is 5.54 Å². The number of aromatic amines is 2. The molecule has 1 aliphatic rings. The van der Waals surface area contributed by atoms with E-state index in [1.165, 1.54) is 18.4 Å². The first-order valence-electron chi connectivity index (χ1n) is 11.9. The van der Waals surface area contributed by atoms with E-state index in [1.54, 1.807) is 11.3 Å². The van der Waals surface area contributed by atoms with Crippen molar-refractivity contribution >= 4 is 32.5 Å². The standard InChI is InChI=1S/C27H27N5OS/c1-2-27(31-33,21-8-4-3-7-18(21)17-32-12-5-6-13-32)20-9-10-22-19(15-20)16-24(28-22)25-26-23(29-30-25)11-14-34-26/h3-4,7-11,14-16,28H,2,5-6,12-13,17H2,1H3,(H,29,30). The molecule has 6 rings (SSSR count). The van der Waals surface area contributed by atoms with Crippen LogP contribution in [0.3, 0.4) is 0 Å². The number of nitrogens with zero attached hydrogens (tertiary/aromatic N) is 3. The summed E-state index contributed by atoms with van der Waals surface area (Å²) >= 11 is 1.68. The Morgan fingerprint density at radius 2 is 1.94 bits per heavy atom. The maximum Gasteiger partial charge on any atom is 0.152 e. The molecule has 4 heterocycles. The van der Waals surface area contributed by atoms with Crippen molar-refractivity contribution in [2.75, 3.05) is 13.1 Å².